The van der Waals surface area contributed by atoms with Gasteiger partial charge in [0.05, 0.1) is 24.0 Å². The topological polar surface area (TPSA) is 49.2 Å². The van der Waals surface area contributed by atoms with Gasteiger partial charge in [-0.15, -0.1) is 0 Å². The van der Waals surface area contributed by atoms with Crippen LogP contribution >= 0.6 is 11.6 Å². The molecule has 0 spiro atoms. The van der Waals surface area contributed by atoms with E-state index in [1.54, 1.807) is 0 Å². The number of hydrogen-bond donors (Lipinski definition) is 1. The van der Waals surface area contributed by atoms with Crippen molar-refractivity contribution in [1.82, 2.24) is 9.97 Å². The van der Waals surface area contributed by atoms with Crippen LogP contribution < -0.4 is 4.90 Å². The van der Waals surface area contributed by atoms with Crippen LogP contribution in [0.15, 0.2) is 12.4 Å². The van der Waals surface area contributed by atoms with Crippen molar-refractivity contribution in [2.75, 3.05) is 18.0 Å². The third-order valence-electron chi connectivity index (χ3n) is 2.66. The van der Waals surface area contributed by atoms with Crippen molar-refractivity contribution in [2.45, 2.75) is 18.2 Å². The van der Waals surface area contributed by atoms with Crippen LogP contribution in [0.4, 0.5) is 19.1 Å². The van der Waals surface area contributed by atoms with Crippen molar-refractivity contribution in [2.24, 2.45) is 0 Å². The maximum absolute atomic E-state index is 12.6. The van der Waals surface area contributed by atoms with Gasteiger partial charge in [0.15, 0.2) is 5.60 Å². The lowest BCUT2D eigenvalue weighted by molar-refractivity contribution is -0.250. The predicted molar refractivity (Wildman–Crippen MR) is 54.9 cm³/mol. The summed E-state index contributed by atoms with van der Waals surface area (Å²) in [5.74, 6) is 0.134. The molecular formula is C9H9ClF3N3O. The molecule has 1 saturated heterocycles. The fourth-order valence-electron chi connectivity index (χ4n) is 1.66. The highest BCUT2D eigenvalue weighted by molar-refractivity contribution is 6.30. The first kappa shape index (κ1) is 12.4. The summed E-state index contributed by atoms with van der Waals surface area (Å²) in [5.41, 5.74) is -2.68. The van der Waals surface area contributed by atoms with Crippen molar-refractivity contribution >= 4 is 17.5 Å². The van der Waals surface area contributed by atoms with Crippen LogP contribution in [-0.4, -0.2) is 39.9 Å². The summed E-state index contributed by atoms with van der Waals surface area (Å²) in [7, 11) is 0. The smallest absolute Gasteiger partial charge is 0.379 e. The van der Waals surface area contributed by atoms with Crippen LogP contribution in [0.25, 0.3) is 0 Å². The average Bonchev–Trinajstić information content (AvgIpc) is 2.63. The van der Waals surface area contributed by atoms with E-state index in [9.17, 15) is 18.3 Å². The van der Waals surface area contributed by atoms with E-state index in [2.05, 4.69) is 9.97 Å². The van der Waals surface area contributed by atoms with Crippen molar-refractivity contribution in [3.05, 3.63) is 17.4 Å². The highest BCUT2D eigenvalue weighted by atomic mass is 35.5. The molecule has 1 atom stereocenters. The van der Waals surface area contributed by atoms with Crippen LogP contribution in [0.5, 0.6) is 0 Å². The van der Waals surface area contributed by atoms with E-state index >= 15 is 0 Å². The number of alkyl halides is 3. The van der Waals surface area contributed by atoms with Gasteiger partial charge in [0.2, 0.25) is 5.95 Å². The largest absolute Gasteiger partial charge is 0.419 e. The van der Waals surface area contributed by atoms with Crippen molar-refractivity contribution in [1.29, 1.82) is 0 Å². The molecule has 1 aliphatic rings. The molecule has 17 heavy (non-hydrogen) atoms. The number of hydrogen-bond acceptors (Lipinski definition) is 4. The first-order valence-corrected chi connectivity index (χ1v) is 5.21. The third-order valence-corrected chi connectivity index (χ3v) is 2.86. The molecule has 1 unspecified atom stereocenters. The number of aliphatic hydroxyl groups is 1. The Kier molecular flexibility index (Phi) is 2.90. The molecule has 0 aliphatic carbocycles. The number of aromatic nitrogens is 2. The highest BCUT2D eigenvalue weighted by Crippen LogP contribution is 2.38. The fraction of sp³-hybridized carbons (Fsp3) is 0.556. The van der Waals surface area contributed by atoms with Crippen molar-refractivity contribution < 1.29 is 18.3 Å². The van der Waals surface area contributed by atoms with Crippen molar-refractivity contribution in [3.63, 3.8) is 0 Å². The summed E-state index contributed by atoms with van der Waals surface area (Å²) in [4.78, 5) is 8.91. The first-order chi connectivity index (χ1) is 7.82. The Morgan fingerprint density at radius 2 is 1.94 bits per heavy atom. The quantitative estimate of drug-likeness (QED) is 0.840. The number of anilines is 1. The minimum Gasteiger partial charge on any atom is -0.379 e. The van der Waals surface area contributed by atoms with Gasteiger partial charge in [-0.2, -0.15) is 13.2 Å². The van der Waals surface area contributed by atoms with Gasteiger partial charge >= 0.3 is 6.18 Å². The lowest BCUT2D eigenvalue weighted by atomic mass is 10.0. The minimum absolute atomic E-state index is 0.0532. The fourth-order valence-corrected chi connectivity index (χ4v) is 1.76. The molecule has 4 nitrogen and oxygen atoms in total. The SMILES string of the molecule is OC1(C(F)(F)F)CCN(c2ncc(Cl)cn2)C1. The number of halogens is 4. The molecule has 0 aromatic carbocycles. The van der Waals surface area contributed by atoms with Crippen LogP contribution in [0.1, 0.15) is 6.42 Å². The Morgan fingerprint density at radius 1 is 1.35 bits per heavy atom. The minimum atomic E-state index is -4.64. The van der Waals surface area contributed by atoms with E-state index in [-0.39, 0.29) is 18.9 Å². The van der Waals surface area contributed by atoms with E-state index in [1.807, 2.05) is 0 Å². The Labute approximate surface area is 100 Å². The average molecular weight is 268 g/mol. The molecule has 2 rings (SSSR count). The zero-order valence-electron chi connectivity index (χ0n) is 8.58. The molecule has 1 aromatic rings. The van der Waals surface area contributed by atoms with E-state index in [1.165, 1.54) is 17.3 Å². The second-order valence-electron chi connectivity index (χ2n) is 3.90. The van der Waals surface area contributed by atoms with Gasteiger partial charge in [-0.1, -0.05) is 11.6 Å². The molecule has 0 radical (unpaired) electrons. The number of nitrogens with zero attached hydrogens (tertiary/aromatic N) is 3. The number of rotatable bonds is 1. The Morgan fingerprint density at radius 3 is 2.41 bits per heavy atom. The summed E-state index contributed by atoms with van der Waals surface area (Å²) in [6, 6.07) is 0. The van der Waals surface area contributed by atoms with Gasteiger partial charge in [-0.25, -0.2) is 9.97 Å². The summed E-state index contributed by atoms with van der Waals surface area (Å²) >= 11 is 5.57. The molecule has 1 N–H and O–H groups in total. The second kappa shape index (κ2) is 3.99. The van der Waals surface area contributed by atoms with Gasteiger partial charge < -0.3 is 10.0 Å². The van der Waals surface area contributed by atoms with E-state index in [0.29, 0.717) is 5.02 Å². The molecule has 94 valence electrons. The van der Waals surface area contributed by atoms with E-state index in [4.69, 9.17) is 11.6 Å². The van der Waals surface area contributed by atoms with Crippen LogP contribution in [0.2, 0.25) is 5.02 Å². The Bertz CT molecular complexity index is 411. The summed E-state index contributed by atoms with van der Waals surface area (Å²) in [6.07, 6.45) is -2.43. The number of β-amino-alcohol motifs (C(OH)–C–C–N with tert-alkyl or cyclic N) is 1. The summed E-state index contributed by atoms with van der Waals surface area (Å²) in [6.45, 7) is -0.504. The standard InChI is InChI=1S/C9H9ClF3N3O/c10-6-3-14-7(15-4-6)16-2-1-8(17,5-16)9(11,12)13/h3-4,17H,1-2,5H2. The van der Waals surface area contributed by atoms with Crippen LogP contribution in [0, 0.1) is 0 Å². The summed E-state index contributed by atoms with van der Waals surface area (Å²) in [5, 5.41) is 9.77. The lowest BCUT2D eigenvalue weighted by Crippen LogP contribution is -2.47. The Hall–Kier alpha value is -1.08. The predicted octanol–water partition coefficient (Wildman–Crippen LogP) is 1.63. The summed E-state index contributed by atoms with van der Waals surface area (Å²) < 4.78 is 37.7. The Balaban J connectivity index is 2.15. The highest BCUT2D eigenvalue weighted by Gasteiger charge is 2.57. The zero-order valence-corrected chi connectivity index (χ0v) is 9.33. The van der Waals surface area contributed by atoms with Crippen LogP contribution in [0.3, 0.4) is 0 Å². The van der Waals surface area contributed by atoms with Crippen molar-refractivity contribution in [3.8, 4) is 0 Å². The van der Waals surface area contributed by atoms with Gasteiger partial charge in [0.1, 0.15) is 0 Å². The molecule has 0 bridgehead atoms. The molecule has 0 amide bonds. The normalized spacial score (nSPS) is 25.4. The van der Waals surface area contributed by atoms with Gasteiger partial charge in [-0.3, -0.25) is 0 Å². The van der Waals surface area contributed by atoms with Gasteiger partial charge in [0, 0.05) is 13.0 Å². The zero-order chi connectivity index (χ0) is 12.7. The van der Waals surface area contributed by atoms with E-state index < -0.39 is 18.3 Å². The molecule has 1 aromatic heterocycles. The lowest BCUT2D eigenvalue weighted by Gasteiger charge is -2.25. The van der Waals surface area contributed by atoms with Gasteiger partial charge in [0.25, 0.3) is 0 Å². The second-order valence-corrected chi connectivity index (χ2v) is 4.34. The maximum Gasteiger partial charge on any atom is 0.419 e. The molecule has 2 heterocycles. The van der Waals surface area contributed by atoms with Gasteiger partial charge in [-0.05, 0) is 0 Å². The monoisotopic (exact) mass is 267 g/mol. The molecule has 1 fully saturated rings. The molecule has 8 heteroatoms. The first-order valence-electron chi connectivity index (χ1n) is 4.83. The molecule has 1 aliphatic heterocycles. The third kappa shape index (κ3) is 2.30. The maximum atomic E-state index is 12.6. The van der Waals surface area contributed by atoms with Crippen LogP contribution in [-0.2, 0) is 0 Å². The van der Waals surface area contributed by atoms with E-state index in [0.717, 1.165) is 0 Å². The molecular weight excluding hydrogens is 259 g/mol. The molecule has 0 saturated carbocycles.